The van der Waals surface area contributed by atoms with Crippen molar-refractivity contribution in [2.45, 2.75) is 56.3 Å². The SMILES string of the molecule is NC(Cc1ccccc1)C(=O)N1CCCC1C(=O)NC(CO)C(=O)NC(CC(=O)O)Cc1ccccc1. The van der Waals surface area contributed by atoms with Crippen LogP contribution < -0.4 is 16.4 Å². The van der Waals surface area contributed by atoms with Gasteiger partial charge in [0.25, 0.3) is 0 Å². The molecule has 0 aliphatic carbocycles. The normalized spacial score (nSPS) is 17.5. The highest BCUT2D eigenvalue weighted by atomic mass is 16.4. The first-order valence-corrected chi connectivity index (χ1v) is 12.4. The van der Waals surface area contributed by atoms with Gasteiger partial charge in [0.1, 0.15) is 12.1 Å². The van der Waals surface area contributed by atoms with E-state index in [0.717, 1.165) is 11.1 Å². The van der Waals surface area contributed by atoms with Crippen molar-refractivity contribution in [3.05, 3.63) is 71.8 Å². The number of carbonyl (C=O) groups excluding carboxylic acids is 3. The lowest BCUT2D eigenvalue weighted by Gasteiger charge is -2.28. The molecule has 6 N–H and O–H groups in total. The van der Waals surface area contributed by atoms with Crippen LogP contribution >= 0.6 is 0 Å². The lowest BCUT2D eigenvalue weighted by molar-refractivity contribution is -0.140. The Hall–Kier alpha value is -3.76. The third kappa shape index (κ3) is 8.12. The van der Waals surface area contributed by atoms with Gasteiger partial charge in [0.15, 0.2) is 0 Å². The maximum absolute atomic E-state index is 13.0. The van der Waals surface area contributed by atoms with E-state index < -0.39 is 48.6 Å². The van der Waals surface area contributed by atoms with E-state index in [2.05, 4.69) is 10.6 Å². The van der Waals surface area contributed by atoms with Crippen LogP contribution in [0.25, 0.3) is 0 Å². The van der Waals surface area contributed by atoms with Crippen LogP contribution in [0.1, 0.15) is 30.4 Å². The number of carboxylic acid groups (broad SMARTS) is 1. The Morgan fingerprint density at radius 2 is 1.54 bits per heavy atom. The number of aliphatic hydroxyl groups excluding tert-OH is 1. The average molecular weight is 511 g/mol. The molecular weight excluding hydrogens is 476 g/mol. The smallest absolute Gasteiger partial charge is 0.305 e. The molecule has 4 unspecified atom stereocenters. The van der Waals surface area contributed by atoms with Crippen molar-refractivity contribution in [2.75, 3.05) is 13.2 Å². The molecule has 3 amide bonds. The van der Waals surface area contributed by atoms with E-state index in [0.29, 0.717) is 25.8 Å². The second-order valence-corrected chi connectivity index (χ2v) is 9.22. The number of aliphatic carboxylic acids is 1. The largest absolute Gasteiger partial charge is 0.481 e. The number of rotatable bonds is 12. The Labute approximate surface area is 215 Å². The number of hydrogen-bond donors (Lipinski definition) is 5. The molecule has 1 heterocycles. The number of amides is 3. The second-order valence-electron chi connectivity index (χ2n) is 9.22. The van der Waals surface area contributed by atoms with E-state index >= 15 is 0 Å². The van der Waals surface area contributed by atoms with Crippen molar-refractivity contribution < 1.29 is 29.4 Å². The first-order chi connectivity index (χ1) is 17.8. The summed E-state index contributed by atoms with van der Waals surface area (Å²) in [6.07, 6.45) is 1.30. The summed E-state index contributed by atoms with van der Waals surface area (Å²) in [6.45, 7) is -0.315. The number of benzene rings is 2. The summed E-state index contributed by atoms with van der Waals surface area (Å²) >= 11 is 0. The summed E-state index contributed by atoms with van der Waals surface area (Å²) in [7, 11) is 0. The van der Waals surface area contributed by atoms with Crippen LogP contribution in [0.3, 0.4) is 0 Å². The highest BCUT2D eigenvalue weighted by molar-refractivity contribution is 5.93. The molecule has 198 valence electrons. The molecule has 0 bridgehead atoms. The Morgan fingerprint density at radius 1 is 0.946 bits per heavy atom. The van der Waals surface area contributed by atoms with Gasteiger partial charge in [0, 0.05) is 12.6 Å². The Balaban J connectivity index is 1.61. The van der Waals surface area contributed by atoms with Gasteiger partial charge in [0.05, 0.1) is 19.1 Å². The first-order valence-electron chi connectivity index (χ1n) is 12.4. The molecule has 10 heteroatoms. The van der Waals surface area contributed by atoms with Gasteiger partial charge in [-0.1, -0.05) is 60.7 Å². The highest BCUT2D eigenvalue weighted by Crippen LogP contribution is 2.19. The minimum atomic E-state index is -1.30. The number of carboxylic acids is 1. The Morgan fingerprint density at radius 3 is 2.11 bits per heavy atom. The summed E-state index contributed by atoms with van der Waals surface area (Å²) in [5.74, 6) is -2.70. The molecule has 1 saturated heterocycles. The third-order valence-electron chi connectivity index (χ3n) is 6.36. The van der Waals surface area contributed by atoms with Crippen molar-refractivity contribution in [1.29, 1.82) is 0 Å². The average Bonchev–Trinajstić information content (AvgIpc) is 3.37. The van der Waals surface area contributed by atoms with Crippen LogP contribution in [-0.2, 0) is 32.0 Å². The molecular formula is C27H34N4O6. The predicted octanol–water partition coefficient (Wildman–Crippen LogP) is 0.227. The first kappa shape index (κ1) is 27.8. The Kier molecular flexibility index (Phi) is 10.2. The topological polar surface area (TPSA) is 162 Å². The zero-order valence-corrected chi connectivity index (χ0v) is 20.6. The summed E-state index contributed by atoms with van der Waals surface area (Å²) in [4.78, 5) is 51.7. The fourth-order valence-electron chi connectivity index (χ4n) is 4.52. The van der Waals surface area contributed by atoms with Crippen LogP contribution in [0.2, 0.25) is 0 Å². The predicted molar refractivity (Wildman–Crippen MR) is 136 cm³/mol. The molecule has 1 fully saturated rings. The lowest BCUT2D eigenvalue weighted by atomic mass is 10.0. The molecule has 37 heavy (non-hydrogen) atoms. The quantitative estimate of drug-likeness (QED) is 0.273. The van der Waals surface area contributed by atoms with Gasteiger partial charge in [-0.25, -0.2) is 0 Å². The number of hydrogen-bond acceptors (Lipinski definition) is 6. The number of carbonyl (C=O) groups is 4. The summed E-state index contributed by atoms with van der Waals surface area (Å²) in [6, 6.07) is 14.8. The van der Waals surface area contributed by atoms with Gasteiger partial charge in [-0.3, -0.25) is 19.2 Å². The zero-order chi connectivity index (χ0) is 26.8. The second kappa shape index (κ2) is 13.5. The van der Waals surface area contributed by atoms with Crippen molar-refractivity contribution >= 4 is 23.7 Å². The fourth-order valence-corrected chi connectivity index (χ4v) is 4.52. The molecule has 1 aliphatic heterocycles. The molecule has 10 nitrogen and oxygen atoms in total. The van der Waals surface area contributed by atoms with Crippen LogP contribution in [0.5, 0.6) is 0 Å². The van der Waals surface area contributed by atoms with E-state index in [4.69, 9.17) is 5.73 Å². The van der Waals surface area contributed by atoms with E-state index in [9.17, 15) is 29.4 Å². The van der Waals surface area contributed by atoms with E-state index in [1.165, 1.54) is 4.90 Å². The van der Waals surface area contributed by atoms with Gasteiger partial charge in [-0.15, -0.1) is 0 Å². The summed E-state index contributed by atoms with van der Waals surface area (Å²) in [5, 5.41) is 24.2. The number of nitrogens with two attached hydrogens (primary N) is 1. The van der Waals surface area contributed by atoms with Crippen LogP contribution in [0.15, 0.2) is 60.7 Å². The lowest BCUT2D eigenvalue weighted by Crippen LogP contribution is -2.57. The molecule has 2 aromatic rings. The van der Waals surface area contributed by atoms with Gasteiger partial charge in [0.2, 0.25) is 17.7 Å². The van der Waals surface area contributed by atoms with Crippen LogP contribution in [0, 0.1) is 0 Å². The fraction of sp³-hybridized carbons (Fsp3) is 0.407. The van der Waals surface area contributed by atoms with Crippen LogP contribution in [-0.4, -0.2) is 76.1 Å². The van der Waals surface area contributed by atoms with E-state index in [1.54, 1.807) is 0 Å². The minimum Gasteiger partial charge on any atom is -0.481 e. The number of nitrogens with zero attached hydrogens (tertiary/aromatic N) is 1. The van der Waals surface area contributed by atoms with Crippen molar-refractivity contribution in [2.24, 2.45) is 5.73 Å². The van der Waals surface area contributed by atoms with Crippen LogP contribution in [0.4, 0.5) is 0 Å². The molecule has 3 rings (SSSR count). The minimum absolute atomic E-state index is 0.273. The van der Waals surface area contributed by atoms with E-state index in [1.807, 2.05) is 60.7 Å². The molecule has 1 aliphatic rings. The molecule has 4 atom stereocenters. The number of aliphatic hydroxyl groups is 1. The van der Waals surface area contributed by atoms with Gasteiger partial charge < -0.3 is 31.5 Å². The van der Waals surface area contributed by atoms with Crippen molar-refractivity contribution in [3.8, 4) is 0 Å². The number of nitrogens with one attached hydrogen (secondary N) is 2. The van der Waals surface area contributed by atoms with Crippen molar-refractivity contribution in [1.82, 2.24) is 15.5 Å². The monoisotopic (exact) mass is 510 g/mol. The van der Waals surface area contributed by atoms with Gasteiger partial charge in [-0.05, 0) is 36.8 Å². The summed E-state index contributed by atoms with van der Waals surface area (Å²) < 4.78 is 0. The highest BCUT2D eigenvalue weighted by Gasteiger charge is 2.37. The molecule has 2 aromatic carbocycles. The summed E-state index contributed by atoms with van der Waals surface area (Å²) in [5.41, 5.74) is 7.90. The zero-order valence-electron chi connectivity index (χ0n) is 20.6. The van der Waals surface area contributed by atoms with Gasteiger partial charge in [-0.2, -0.15) is 0 Å². The molecule has 0 spiro atoms. The Bertz CT molecular complexity index is 1070. The number of likely N-dealkylation sites (tertiary alicyclic amines) is 1. The molecule has 0 radical (unpaired) electrons. The molecule has 0 aromatic heterocycles. The maximum atomic E-state index is 13.0. The van der Waals surface area contributed by atoms with E-state index in [-0.39, 0.29) is 18.7 Å². The maximum Gasteiger partial charge on any atom is 0.305 e. The van der Waals surface area contributed by atoms with Crippen molar-refractivity contribution in [3.63, 3.8) is 0 Å². The standard InChI is InChI=1S/C27H34N4O6/c28-21(15-19-10-5-2-6-11-19)27(37)31-13-7-12-23(31)26(36)30-22(17-32)25(35)29-20(16-24(33)34)14-18-8-3-1-4-9-18/h1-6,8-11,20-23,32H,7,12-17,28H2,(H,29,35)(H,30,36)(H,33,34). The molecule has 0 saturated carbocycles. The third-order valence-corrected chi connectivity index (χ3v) is 6.36. The van der Waals surface area contributed by atoms with Gasteiger partial charge >= 0.3 is 5.97 Å².